The van der Waals surface area contributed by atoms with Crippen molar-refractivity contribution in [3.63, 3.8) is 0 Å². The number of hydrogen-bond donors (Lipinski definition) is 2. The van der Waals surface area contributed by atoms with Gasteiger partial charge < -0.3 is 11.1 Å². The molecule has 0 saturated heterocycles. The molecule has 0 atom stereocenters. The molecule has 0 unspecified atom stereocenters. The van der Waals surface area contributed by atoms with E-state index in [1.807, 2.05) is 29.9 Å². The van der Waals surface area contributed by atoms with Crippen LogP contribution in [-0.2, 0) is 7.05 Å². The first-order valence-corrected chi connectivity index (χ1v) is 5.23. The number of fused-ring (bicyclic) bond motifs is 1. The van der Waals surface area contributed by atoms with Gasteiger partial charge in [0.2, 0.25) is 0 Å². The molecule has 1 saturated carbocycles. The van der Waals surface area contributed by atoms with E-state index in [0.29, 0.717) is 6.04 Å². The molecule has 1 fully saturated rings. The molecule has 4 heteroatoms. The molecule has 0 spiro atoms. The van der Waals surface area contributed by atoms with E-state index in [0.717, 1.165) is 22.4 Å². The van der Waals surface area contributed by atoms with Crippen LogP contribution >= 0.6 is 0 Å². The predicted octanol–water partition coefficient (Wildman–Crippen LogP) is 1.73. The molecule has 1 heterocycles. The number of nitrogens with zero attached hydrogens (tertiary/aromatic N) is 2. The Labute approximate surface area is 88.1 Å². The van der Waals surface area contributed by atoms with Crippen LogP contribution in [0.2, 0.25) is 0 Å². The van der Waals surface area contributed by atoms with Crippen molar-refractivity contribution in [3.05, 3.63) is 18.2 Å². The second kappa shape index (κ2) is 2.89. The highest BCUT2D eigenvalue weighted by molar-refractivity contribution is 5.92. The molecule has 1 aromatic heterocycles. The van der Waals surface area contributed by atoms with Crippen molar-refractivity contribution in [3.8, 4) is 0 Å². The number of nitrogens with two attached hydrogens (primary N) is 1. The summed E-state index contributed by atoms with van der Waals surface area (Å²) in [6.45, 7) is 0. The minimum atomic E-state index is 0.615. The van der Waals surface area contributed by atoms with Crippen LogP contribution < -0.4 is 11.1 Å². The molecule has 3 rings (SSSR count). The number of aromatic nitrogens is 2. The van der Waals surface area contributed by atoms with E-state index in [4.69, 9.17) is 5.73 Å². The molecule has 0 aliphatic heterocycles. The predicted molar refractivity (Wildman–Crippen MR) is 61.8 cm³/mol. The van der Waals surface area contributed by atoms with E-state index in [2.05, 4.69) is 10.4 Å². The zero-order valence-electron chi connectivity index (χ0n) is 8.70. The molecule has 1 aromatic carbocycles. The molecule has 0 amide bonds. The van der Waals surface area contributed by atoms with Crippen LogP contribution in [0.15, 0.2) is 18.2 Å². The molecule has 15 heavy (non-hydrogen) atoms. The summed E-state index contributed by atoms with van der Waals surface area (Å²) >= 11 is 0. The van der Waals surface area contributed by atoms with Gasteiger partial charge in [0.25, 0.3) is 0 Å². The molecule has 0 radical (unpaired) electrons. The molecule has 0 bridgehead atoms. The first kappa shape index (κ1) is 8.59. The van der Waals surface area contributed by atoms with Gasteiger partial charge in [-0.3, -0.25) is 4.68 Å². The SMILES string of the molecule is Cn1nc(NC2CC2)c2cc(N)ccc21. The molecular weight excluding hydrogens is 188 g/mol. The van der Waals surface area contributed by atoms with Crippen LogP contribution in [0.25, 0.3) is 10.9 Å². The number of nitrogens with one attached hydrogen (secondary N) is 1. The number of nitrogen functional groups attached to an aromatic ring is 1. The van der Waals surface area contributed by atoms with Crippen LogP contribution in [0.4, 0.5) is 11.5 Å². The summed E-state index contributed by atoms with van der Waals surface area (Å²) in [4.78, 5) is 0. The van der Waals surface area contributed by atoms with E-state index in [9.17, 15) is 0 Å². The third-order valence-corrected chi connectivity index (χ3v) is 2.79. The fourth-order valence-corrected chi connectivity index (χ4v) is 1.81. The quantitative estimate of drug-likeness (QED) is 0.729. The number of rotatable bonds is 2. The second-order valence-corrected chi connectivity index (χ2v) is 4.17. The highest BCUT2D eigenvalue weighted by atomic mass is 15.3. The largest absolute Gasteiger partial charge is 0.399 e. The van der Waals surface area contributed by atoms with E-state index in [-0.39, 0.29) is 0 Å². The summed E-state index contributed by atoms with van der Waals surface area (Å²) in [5.41, 5.74) is 7.69. The van der Waals surface area contributed by atoms with Gasteiger partial charge in [-0.15, -0.1) is 0 Å². The summed E-state index contributed by atoms with van der Waals surface area (Å²) in [6, 6.07) is 6.51. The molecule has 4 nitrogen and oxygen atoms in total. The molecule has 2 aromatic rings. The van der Waals surface area contributed by atoms with Crippen molar-refractivity contribution in [2.45, 2.75) is 18.9 Å². The average molecular weight is 202 g/mol. The average Bonchev–Trinajstić information content (AvgIpc) is 2.95. The normalized spacial score (nSPS) is 15.8. The Balaban J connectivity index is 2.14. The zero-order chi connectivity index (χ0) is 10.4. The van der Waals surface area contributed by atoms with Gasteiger partial charge >= 0.3 is 0 Å². The topological polar surface area (TPSA) is 55.9 Å². The Morgan fingerprint density at radius 1 is 1.47 bits per heavy atom. The Morgan fingerprint density at radius 3 is 3.00 bits per heavy atom. The van der Waals surface area contributed by atoms with Gasteiger partial charge in [-0.05, 0) is 31.0 Å². The van der Waals surface area contributed by atoms with Crippen LogP contribution in [0.3, 0.4) is 0 Å². The van der Waals surface area contributed by atoms with Gasteiger partial charge in [0, 0.05) is 24.2 Å². The third-order valence-electron chi connectivity index (χ3n) is 2.79. The van der Waals surface area contributed by atoms with E-state index in [1.54, 1.807) is 0 Å². The lowest BCUT2D eigenvalue weighted by Gasteiger charge is -1.99. The van der Waals surface area contributed by atoms with Crippen molar-refractivity contribution in [1.29, 1.82) is 0 Å². The highest BCUT2D eigenvalue weighted by Gasteiger charge is 2.23. The number of aryl methyl sites for hydroxylation is 1. The van der Waals surface area contributed by atoms with E-state index in [1.165, 1.54) is 12.8 Å². The second-order valence-electron chi connectivity index (χ2n) is 4.17. The number of benzene rings is 1. The Kier molecular flexibility index (Phi) is 1.65. The third kappa shape index (κ3) is 1.42. The number of hydrogen-bond acceptors (Lipinski definition) is 3. The van der Waals surface area contributed by atoms with Crippen LogP contribution in [0.5, 0.6) is 0 Å². The summed E-state index contributed by atoms with van der Waals surface area (Å²) in [5.74, 6) is 0.960. The van der Waals surface area contributed by atoms with Crippen molar-refractivity contribution in [1.82, 2.24) is 9.78 Å². The fourth-order valence-electron chi connectivity index (χ4n) is 1.81. The maximum atomic E-state index is 5.78. The minimum Gasteiger partial charge on any atom is -0.399 e. The molecular formula is C11H14N4. The van der Waals surface area contributed by atoms with Gasteiger partial charge in [0.1, 0.15) is 0 Å². The molecule has 78 valence electrons. The smallest absolute Gasteiger partial charge is 0.156 e. The highest BCUT2D eigenvalue weighted by Crippen LogP contribution is 2.29. The Morgan fingerprint density at radius 2 is 2.27 bits per heavy atom. The van der Waals surface area contributed by atoms with Gasteiger partial charge in [-0.25, -0.2) is 0 Å². The Bertz CT molecular complexity index is 511. The maximum Gasteiger partial charge on any atom is 0.156 e. The van der Waals surface area contributed by atoms with Gasteiger partial charge in [-0.2, -0.15) is 5.10 Å². The monoisotopic (exact) mass is 202 g/mol. The summed E-state index contributed by atoms with van der Waals surface area (Å²) in [6.07, 6.45) is 2.50. The zero-order valence-corrected chi connectivity index (χ0v) is 8.70. The van der Waals surface area contributed by atoms with E-state index < -0.39 is 0 Å². The van der Waals surface area contributed by atoms with Crippen molar-refractivity contribution < 1.29 is 0 Å². The summed E-state index contributed by atoms with van der Waals surface area (Å²) in [7, 11) is 1.95. The standard InChI is InChI=1S/C11H14N4/c1-15-10-5-2-7(12)6-9(10)11(14-15)13-8-3-4-8/h2,5-6,8H,3-4,12H2,1H3,(H,13,14). The lowest BCUT2D eigenvalue weighted by molar-refractivity contribution is 0.797. The van der Waals surface area contributed by atoms with Crippen LogP contribution in [0.1, 0.15) is 12.8 Å². The fraction of sp³-hybridized carbons (Fsp3) is 0.364. The van der Waals surface area contributed by atoms with Gasteiger partial charge in [0.05, 0.1) is 5.52 Å². The van der Waals surface area contributed by atoms with E-state index >= 15 is 0 Å². The minimum absolute atomic E-state index is 0.615. The maximum absolute atomic E-state index is 5.78. The van der Waals surface area contributed by atoms with Crippen molar-refractivity contribution in [2.24, 2.45) is 7.05 Å². The Hall–Kier alpha value is -1.71. The molecule has 1 aliphatic rings. The van der Waals surface area contributed by atoms with Gasteiger partial charge in [-0.1, -0.05) is 0 Å². The van der Waals surface area contributed by atoms with Crippen molar-refractivity contribution in [2.75, 3.05) is 11.1 Å². The van der Waals surface area contributed by atoms with Crippen molar-refractivity contribution >= 4 is 22.4 Å². The molecule has 3 N–H and O–H groups in total. The van der Waals surface area contributed by atoms with Crippen LogP contribution in [0, 0.1) is 0 Å². The molecule has 1 aliphatic carbocycles. The first-order valence-electron chi connectivity index (χ1n) is 5.23. The lowest BCUT2D eigenvalue weighted by Crippen LogP contribution is -2.02. The first-order chi connectivity index (χ1) is 7.24. The summed E-state index contributed by atoms with van der Waals surface area (Å²) < 4.78 is 1.89. The van der Waals surface area contributed by atoms with Crippen LogP contribution in [-0.4, -0.2) is 15.8 Å². The lowest BCUT2D eigenvalue weighted by atomic mass is 10.2. The number of anilines is 2. The van der Waals surface area contributed by atoms with Gasteiger partial charge in [0.15, 0.2) is 5.82 Å². The summed E-state index contributed by atoms with van der Waals surface area (Å²) in [5, 5.41) is 9.00.